The smallest absolute Gasteiger partial charge is 0.166 e. The van der Waals surface area contributed by atoms with E-state index in [4.69, 9.17) is 0 Å². The summed E-state index contributed by atoms with van der Waals surface area (Å²) >= 11 is 0. The standard InChI is InChI=1S/C12H14FN3/c1-2-7-16(15-8-3-4-9-15)12-5-6-14-10-11(12)13/h3-6,8-10H,2,7H2,1H3. The van der Waals surface area contributed by atoms with Crippen molar-refractivity contribution in [1.82, 2.24) is 9.66 Å². The zero-order valence-corrected chi connectivity index (χ0v) is 9.18. The highest BCUT2D eigenvalue weighted by Crippen LogP contribution is 2.18. The average Bonchev–Trinajstić information content (AvgIpc) is 2.80. The van der Waals surface area contributed by atoms with Gasteiger partial charge in [0.05, 0.1) is 11.9 Å². The summed E-state index contributed by atoms with van der Waals surface area (Å²) in [6.07, 6.45) is 7.58. The molecule has 0 aliphatic rings. The Bertz CT molecular complexity index is 439. The van der Waals surface area contributed by atoms with Crippen molar-refractivity contribution >= 4 is 5.69 Å². The van der Waals surface area contributed by atoms with Gasteiger partial charge in [-0.1, -0.05) is 6.92 Å². The lowest BCUT2D eigenvalue weighted by atomic mass is 10.3. The summed E-state index contributed by atoms with van der Waals surface area (Å²) in [5.41, 5.74) is 0.549. The van der Waals surface area contributed by atoms with E-state index in [2.05, 4.69) is 11.9 Å². The van der Waals surface area contributed by atoms with Crippen LogP contribution in [-0.2, 0) is 0 Å². The van der Waals surface area contributed by atoms with Crippen LogP contribution in [-0.4, -0.2) is 16.2 Å². The lowest BCUT2D eigenvalue weighted by Crippen LogP contribution is -2.29. The minimum absolute atomic E-state index is 0.301. The summed E-state index contributed by atoms with van der Waals surface area (Å²) in [4.78, 5) is 3.76. The summed E-state index contributed by atoms with van der Waals surface area (Å²) < 4.78 is 15.5. The lowest BCUT2D eigenvalue weighted by Gasteiger charge is -2.25. The van der Waals surface area contributed by atoms with Crippen molar-refractivity contribution in [2.24, 2.45) is 0 Å². The van der Waals surface area contributed by atoms with Gasteiger partial charge in [0.2, 0.25) is 0 Å². The molecule has 0 atom stereocenters. The third-order valence-corrected chi connectivity index (χ3v) is 2.33. The molecule has 0 radical (unpaired) electrons. The van der Waals surface area contributed by atoms with Gasteiger partial charge in [-0.25, -0.2) is 4.39 Å². The molecule has 2 aromatic heterocycles. The van der Waals surface area contributed by atoms with Crippen molar-refractivity contribution in [2.75, 3.05) is 11.6 Å². The zero-order valence-electron chi connectivity index (χ0n) is 9.18. The van der Waals surface area contributed by atoms with Gasteiger partial charge in [-0.2, -0.15) is 0 Å². The monoisotopic (exact) mass is 219 g/mol. The van der Waals surface area contributed by atoms with Gasteiger partial charge >= 0.3 is 0 Å². The molecule has 0 N–H and O–H groups in total. The van der Waals surface area contributed by atoms with E-state index in [-0.39, 0.29) is 5.82 Å². The molecule has 0 saturated heterocycles. The zero-order chi connectivity index (χ0) is 11.4. The van der Waals surface area contributed by atoms with Crippen molar-refractivity contribution < 1.29 is 4.39 Å². The number of hydrogen-bond acceptors (Lipinski definition) is 2. The number of halogens is 1. The summed E-state index contributed by atoms with van der Waals surface area (Å²) in [6, 6.07) is 5.52. The third kappa shape index (κ3) is 2.05. The maximum absolute atomic E-state index is 13.6. The van der Waals surface area contributed by atoms with Crippen LogP contribution in [0, 0.1) is 5.82 Å². The van der Waals surface area contributed by atoms with Gasteiger partial charge in [-0.3, -0.25) is 14.7 Å². The van der Waals surface area contributed by atoms with Gasteiger partial charge in [0.25, 0.3) is 0 Å². The molecule has 84 valence electrons. The summed E-state index contributed by atoms with van der Waals surface area (Å²) in [5, 5.41) is 1.89. The van der Waals surface area contributed by atoms with Gasteiger partial charge in [-0.05, 0) is 24.6 Å². The summed E-state index contributed by atoms with van der Waals surface area (Å²) in [7, 11) is 0. The van der Waals surface area contributed by atoms with Crippen LogP contribution in [0.4, 0.5) is 10.1 Å². The molecule has 16 heavy (non-hydrogen) atoms. The predicted molar refractivity (Wildman–Crippen MR) is 61.7 cm³/mol. The van der Waals surface area contributed by atoms with Gasteiger partial charge in [0.1, 0.15) is 0 Å². The van der Waals surface area contributed by atoms with Crippen LogP contribution >= 0.6 is 0 Å². The summed E-state index contributed by atoms with van der Waals surface area (Å²) in [6.45, 7) is 2.82. The highest BCUT2D eigenvalue weighted by atomic mass is 19.1. The molecule has 0 spiro atoms. The van der Waals surface area contributed by atoms with E-state index in [1.54, 1.807) is 12.3 Å². The Morgan fingerprint density at radius 1 is 1.38 bits per heavy atom. The Balaban J connectivity index is 2.37. The molecular formula is C12H14FN3. The van der Waals surface area contributed by atoms with Crippen LogP contribution in [0.1, 0.15) is 13.3 Å². The Morgan fingerprint density at radius 3 is 2.75 bits per heavy atom. The number of pyridine rings is 1. The minimum Gasteiger partial charge on any atom is -0.279 e. The molecule has 0 aliphatic heterocycles. The van der Waals surface area contributed by atoms with Crippen molar-refractivity contribution in [1.29, 1.82) is 0 Å². The first-order chi connectivity index (χ1) is 7.83. The van der Waals surface area contributed by atoms with Gasteiger partial charge < -0.3 is 0 Å². The van der Waals surface area contributed by atoms with Gasteiger partial charge in [0, 0.05) is 25.1 Å². The summed E-state index contributed by atoms with van der Waals surface area (Å²) in [5.74, 6) is -0.301. The van der Waals surface area contributed by atoms with Crippen molar-refractivity contribution in [3.05, 3.63) is 48.8 Å². The van der Waals surface area contributed by atoms with Crippen LogP contribution in [0.3, 0.4) is 0 Å². The molecule has 0 aromatic carbocycles. The molecular weight excluding hydrogens is 205 g/mol. The molecule has 0 unspecified atom stereocenters. The second-order valence-corrected chi connectivity index (χ2v) is 3.51. The number of anilines is 1. The highest BCUT2D eigenvalue weighted by Gasteiger charge is 2.11. The highest BCUT2D eigenvalue weighted by molar-refractivity contribution is 5.45. The Labute approximate surface area is 94.1 Å². The molecule has 3 nitrogen and oxygen atoms in total. The normalized spacial score (nSPS) is 10.4. The van der Waals surface area contributed by atoms with Crippen LogP contribution < -0.4 is 5.01 Å². The molecule has 0 amide bonds. The first-order valence-electron chi connectivity index (χ1n) is 5.33. The number of hydrogen-bond donors (Lipinski definition) is 0. The van der Waals surface area contributed by atoms with E-state index in [9.17, 15) is 4.39 Å². The fourth-order valence-electron chi connectivity index (χ4n) is 1.64. The third-order valence-electron chi connectivity index (χ3n) is 2.33. The SMILES string of the molecule is CCCN(c1ccncc1F)n1cccc1. The minimum atomic E-state index is -0.301. The van der Waals surface area contributed by atoms with E-state index < -0.39 is 0 Å². The topological polar surface area (TPSA) is 21.1 Å². The van der Waals surface area contributed by atoms with Crippen LogP contribution in [0.15, 0.2) is 43.0 Å². The molecule has 4 heteroatoms. The number of rotatable bonds is 4. The van der Waals surface area contributed by atoms with E-state index in [0.717, 1.165) is 13.0 Å². The molecule has 0 fully saturated rings. The lowest BCUT2D eigenvalue weighted by molar-refractivity contribution is 0.592. The predicted octanol–water partition coefficient (Wildman–Crippen LogP) is 2.70. The number of aromatic nitrogens is 2. The molecule has 0 saturated carbocycles. The average molecular weight is 219 g/mol. The molecule has 2 heterocycles. The van der Waals surface area contributed by atoms with E-state index in [0.29, 0.717) is 5.69 Å². The van der Waals surface area contributed by atoms with Crippen molar-refractivity contribution in [3.63, 3.8) is 0 Å². The van der Waals surface area contributed by atoms with Crippen LogP contribution in [0.2, 0.25) is 0 Å². The van der Waals surface area contributed by atoms with E-state index in [1.165, 1.54) is 6.20 Å². The van der Waals surface area contributed by atoms with Crippen LogP contribution in [0.25, 0.3) is 0 Å². The second-order valence-electron chi connectivity index (χ2n) is 3.51. The second kappa shape index (κ2) is 4.79. The molecule has 0 aliphatic carbocycles. The number of nitrogens with zero attached hydrogens (tertiary/aromatic N) is 3. The fraction of sp³-hybridized carbons (Fsp3) is 0.250. The van der Waals surface area contributed by atoms with E-state index >= 15 is 0 Å². The molecule has 0 bridgehead atoms. The first kappa shape index (κ1) is 10.7. The largest absolute Gasteiger partial charge is 0.279 e. The molecule has 2 rings (SSSR count). The quantitative estimate of drug-likeness (QED) is 0.788. The van der Waals surface area contributed by atoms with Crippen molar-refractivity contribution in [3.8, 4) is 0 Å². The van der Waals surface area contributed by atoms with Crippen molar-refractivity contribution in [2.45, 2.75) is 13.3 Å². The van der Waals surface area contributed by atoms with Gasteiger partial charge in [-0.15, -0.1) is 0 Å². The maximum atomic E-state index is 13.6. The Kier molecular flexibility index (Phi) is 3.19. The van der Waals surface area contributed by atoms with Crippen LogP contribution in [0.5, 0.6) is 0 Å². The fourth-order valence-corrected chi connectivity index (χ4v) is 1.64. The Hall–Kier alpha value is -1.84. The Morgan fingerprint density at radius 2 is 2.12 bits per heavy atom. The maximum Gasteiger partial charge on any atom is 0.166 e. The van der Waals surface area contributed by atoms with E-state index in [1.807, 2.05) is 34.2 Å². The molecule has 2 aromatic rings. The van der Waals surface area contributed by atoms with Gasteiger partial charge in [0.15, 0.2) is 5.82 Å². The first-order valence-corrected chi connectivity index (χ1v) is 5.33.